The summed E-state index contributed by atoms with van der Waals surface area (Å²) in [4.78, 5) is 4.86. The lowest BCUT2D eigenvalue weighted by atomic mass is 9.51. The summed E-state index contributed by atoms with van der Waals surface area (Å²) in [7, 11) is 0. The van der Waals surface area contributed by atoms with Crippen molar-refractivity contribution in [2.45, 2.75) is 35.5 Å². The topological polar surface area (TPSA) is 16.3 Å². The molecule has 0 saturated heterocycles. The number of hydrogen-bond donors (Lipinski definition) is 0. The number of nitrogens with zero attached hydrogens (tertiary/aromatic N) is 4. The second-order valence-corrected chi connectivity index (χ2v) is 38.8. The number of aromatic nitrogens is 2. The Kier molecular flexibility index (Phi) is 19.7. The molecule has 0 bridgehead atoms. The molecule has 0 fully saturated rings. The maximum absolute atomic E-state index is 2.46. The summed E-state index contributed by atoms with van der Waals surface area (Å²) in [5.41, 5.74) is 45.2. The highest BCUT2D eigenvalue weighted by Gasteiger charge is 2.58. The van der Waals surface area contributed by atoms with Gasteiger partial charge in [-0.3, -0.25) is 0 Å². The highest BCUT2D eigenvalue weighted by molar-refractivity contribution is 6.12. The van der Waals surface area contributed by atoms with Crippen molar-refractivity contribution < 1.29 is 0 Å². The molecule has 2 heterocycles. The lowest BCUT2D eigenvalue weighted by molar-refractivity contribution is 0.563. The Morgan fingerprint density at radius 3 is 0.746 bits per heavy atom. The molecular weight excluding hydrogens is 1710 g/mol. The van der Waals surface area contributed by atoms with E-state index in [1.54, 1.807) is 0 Å². The lowest BCUT2D eigenvalue weighted by Gasteiger charge is -2.50. The van der Waals surface area contributed by atoms with Crippen LogP contribution < -0.4 is 9.80 Å². The van der Waals surface area contributed by atoms with Crippen LogP contribution in [0.4, 0.5) is 34.1 Å². The summed E-state index contributed by atoms with van der Waals surface area (Å²) in [6, 6.07) is 202. The molecule has 4 heteroatoms. The van der Waals surface area contributed by atoms with Crippen molar-refractivity contribution in [2.75, 3.05) is 9.80 Å². The summed E-state index contributed by atoms with van der Waals surface area (Å²) in [6.07, 6.45) is 0. The molecule has 4 aliphatic carbocycles. The molecule has 0 N–H and O–H groups in total. The van der Waals surface area contributed by atoms with E-state index in [-0.39, 0.29) is 5.41 Å². The molecule has 22 aromatic carbocycles. The van der Waals surface area contributed by atoms with Crippen LogP contribution in [0.25, 0.3) is 122 Å². The van der Waals surface area contributed by atoms with Gasteiger partial charge in [-0.1, -0.05) is 426 Å². The maximum Gasteiger partial charge on any atom is 0.0720 e. The minimum absolute atomic E-state index is 0.141. The Labute approximate surface area is 828 Å². The normalized spacial score (nSPS) is 13.6. The Hall–Kier alpha value is -18.0. The Bertz CT molecular complexity index is 8870. The first-order valence-electron chi connectivity index (χ1n) is 49.5. The van der Waals surface area contributed by atoms with E-state index >= 15 is 0 Å². The minimum Gasteiger partial charge on any atom is -0.310 e. The lowest BCUT2D eigenvalue weighted by Crippen LogP contribution is -2.44. The number of fused-ring (bicyclic) bond motifs is 24. The molecule has 2 aromatic heterocycles. The first kappa shape index (κ1) is 83.4. The first-order chi connectivity index (χ1) is 70.2. The molecule has 2 spiro atoms. The molecule has 0 saturated carbocycles. The fourth-order valence-corrected chi connectivity index (χ4v) is 25.1. The molecule has 4 nitrogen and oxygen atoms in total. The van der Waals surface area contributed by atoms with Gasteiger partial charge in [0.25, 0.3) is 0 Å². The summed E-state index contributed by atoms with van der Waals surface area (Å²) in [6.45, 7) is 4.77. The summed E-state index contributed by atoms with van der Waals surface area (Å²) in [5, 5.41) is 4.99. The van der Waals surface area contributed by atoms with Gasteiger partial charge in [-0.25, -0.2) is 0 Å². The molecule has 142 heavy (non-hydrogen) atoms. The van der Waals surface area contributed by atoms with Crippen LogP contribution in [-0.2, 0) is 21.7 Å². The van der Waals surface area contributed by atoms with Crippen molar-refractivity contribution in [2.24, 2.45) is 0 Å². The van der Waals surface area contributed by atoms with Crippen molar-refractivity contribution in [3.63, 3.8) is 0 Å². The molecule has 0 atom stereocenters. The van der Waals surface area contributed by atoms with E-state index in [1.807, 2.05) is 0 Å². The molecule has 4 aliphatic rings. The van der Waals surface area contributed by atoms with Gasteiger partial charge in [0.05, 0.1) is 38.3 Å². The van der Waals surface area contributed by atoms with Gasteiger partial charge in [0, 0.05) is 72.5 Å². The molecule has 0 amide bonds. The summed E-state index contributed by atoms with van der Waals surface area (Å²) >= 11 is 0. The fraction of sp³-hybridized carbons (Fsp3) is 0.0435. The molecule has 24 aromatic rings. The van der Waals surface area contributed by atoms with Crippen LogP contribution in [0, 0.1) is 0 Å². The predicted molar refractivity (Wildman–Crippen MR) is 591 cm³/mol. The molecule has 0 aliphatic heterocycles. The zero-order valence-corrected chi connectivity index (χ0v) is 78.8. The third kappa shape index (κ3) is 12.8. The van der Waals surface area contributed by atoms with Gasteiger partial charge in [0.15, 0.2) is 0 Å². The average Bonchev–Trinajstić information content (AvgIpc) is 1.19. The Morgan fingerprint density at radius 1 is 0.155 bits per heavy atom. The maximum atomic E-state index is 2.46. The molecule has 668 valence electrons. The van der Waals surface area contributed by atoms with Crippen molar-refractivity contribution in [1.29, 1.82) is 0 Å². The van der Waals surface area contributed by atoms with Gasteiger partial charge in [-0.15, -0.1) is 0 Å². The smallest absolute Gasteiger partial charge is 0.0720 e. The Morgan fingerprint density at radius 2 is 0.394 bits per heavy atom. The standard InChI is InChI=1S/C74H50N2.C64H46N2/c1-5-21-51(22-6-1)52-37-42-58(43-38-52)75(59-44-39-53(40-45-59)54-41-48-72-64(49-54)62-30-14-20-36-71(62)76(72)57-27-11-4-12-28-57)60-46-47-66-63(50-60)61-29-13-15-31-65(61)74(66)69-34-18-16-32-67(69)73(55-23-7-2-8-24-55,56-25-9-3-10-26-56)68-33-17-19-35-70(68)74;1-63(2)57-24-12-14-26-59(57)64(60-27-15-13-25-58(60)63)55-23-11-9-21-51(55)53-42-50(38-39-56(53)64)65(48-34-29-44(30-35-48)43-17-5-3-6-18-43)49-36-31-45(32-37-49)46-33-40-62-54(41-46)52-22-10-16-28-61(52)66(62)47-19-7-4-8-20-47/h1-50H;3-42H,1-2H3. The molecule has 28 rings (SSSR count). The summed E-state index contributed by atoms with van der Waals surface area (Å²) < 4.78 is 4.76. The SMILES string of the molecule is CC1(C)c2ccccc2C2(c3ccccc3-c3cc(N(c4ccc(-c5ccccc5)cc4)c4ccc(-c5ccc6c(c5)c5ccccc5n6-c5ccccc5)cc4)ccc32)c2ccccc21.c1ccc(-c2ccc(N(c3ccc(-c4ccc5c(c4)c4ccccc4n5-c4ccccc4)cc3)c3ccc4c(c3)-c3ccccc3C43c4ccccc4C(c4ccccc4)(c4ccccc4)c4ccccc43)cc2)cc1. The van der Waals surface area contributed by atoms with Gasteiger partial charge in [-0.2, -0.15) is 0 Å². The minimum atomic E-state index is -0.580. The van der Waals surface area contributed by atoms with E-state index in [0.29, 0.717) is 0 Å². The van der Waals surface area contributed by atoms with Crippen LogP contribution in [0.3, 0.4) is 0 Å². The van der Waals surface area contributed by atoms with Gasteiger partial charge in [0.2, 0.25) is 0 Å². The fourth-order valence-electron chi connectivity index (χ4n) is 25.1. The van der Waals surface area contributed by atoms with Crippen LogP contribution in [0.1, 0.15) is 91.7 Å². The molecule has 0 radical (unpaired) electrons. The van der Waals surface area contributed by atoms with Crippen molar-refractivity contribution >= 4 is 77.7 Å². The van der Waals surface area contributed by atoms with Crippen LogP contribution in [0.5, 0.6) is 0 Å². The van der Waals surface area contributed by atoms with E-state index in [1.165, 1.54) is 194 Å². The van der Waals surface area contributed by atoms with E-state index in [9.17, 15) is 0 Å². The van der Waals surface area contributed by atoms with Crippen molar-refractivity contribution in [3.05, 3.63) is 624 Å². The van der Waals surface area contributed by atoms with Gasteiger partial charge < -0.3 is 18.9 Å². The summed E-state index contributed by atoms with van der Waals surface area (Å²) in [5.74, 6) is 0. The zero-order valence-electron chi connectivity index (χ0n) is 78.8. The van der Waals surface area contributed by atoms with Gasteiger partial charge in [0.1, 0.15) is 0 Å². The predicted octanol–water partition coefficient (Wildman–Crippen LogP) is 35.2. The zero-order chi connectivity index (χ0) is 94.2. The van der Waals surface area contributed by atoms with E-state index in [2.05, 4.69) is 579 Å². The number of para-hydroxylation sites is 4. The van der Waals surface area contributed by atoms with Crippen LogP contribution in [-0.4, -0.2) is 9.13 Å². The number of anilines is 6. The quantitative estimate of drug-likeness (QED) is 0.108. The molecular formula is C138H96N4. The van der Waals surface area contributed by atoms with Crippen LogP contribution in [0.15, 0.2) is 546 Å². The van der Waals surface area contributed by atoms with E-state index < -0.39 is 16.2 Å². The second-order valence-electron chi connectivity index (χ2n) is 38.8. The van der Waals surface area contributed by atoms with Gasteiger partial charge >= 0.3 is 0 Å². The van der Waals surface area contributed by atoms with E-state index in [0.717, 1.165) is 39.8 Å². The number of benzene rings is 22. The molecule has 0 unspecified atom stereocenters. The largest absolute Gasteiger partial charge is 0.310 e. The monoisotopic (exact) mass is 1810 g/mol. The number of rotatable bonds is 14. The van der Waals surface area contributed by atoms with Crippen molar-refractivity contribution in [3.8, 4) is 78.1 Å². The van der Waals surface area contributed by atoms with E-state index in [4.69, 9.17) is 0 Å². The van der Waals surface area contributed by atoms with Crippen molar-refractivity contribution in [1.82, 2.24) is 9.13 Å². The Balaban J connectivity index is 0.000000143. The van der Waals surface area contributed by atoms with Crippen LogP contribution in [0.2, 0.25) is 0 Å². The average molecular weight is 1810 g/mol. The van der Waals surface area contributed by atoms with Crippen LogP contribution >= 0.6 is 0 Å². The third-order valence-corrected chi connectivity index (χ3v) is 31.2. The van der Waals surface area contributed by atoms with Gasteiger partial charge in [-0.05, 0) is 278 Å². The highest BCUT2D eigenvalue weighted by atomic mass is 15.1. The number of hydrogen-bond acceptors (Lipinski definition) is 2. The first-order valence-corrected chi connectivity index (χ1v) is 49.5. The highest BCUT2D eigenvalue weighted by Crippen LogP contribution is 2.67. The third-order valence-electron chi connectivity index (χ3n) is 31.2. The second kappa shape index (κ2) is 33.5.